The number of halogens is 1. The largest absolute Gasteiger partial charge is 0.497 e. The first kappa shape index (κ1) is 27.8. The molecule has 1 unspecified atom stereocenters. The van der Waals surface area contributed by atoms with Crippen molar-refractivity contribution < 1.29 is 9.53 Å². The van der Waals surface area contributed by atoms with Gasteiger partial charge in [0.1, 0.15) is 35.1 Å². The average molecular weight is 608 g/mol. The molecule has 2 aromatic heterocycles. The predicted octanol–water partition coefficient (Wildman–Crippen LogP) is 5.23. The number of carbonyl (C=O) groups is 1. The Labute approximate surface area is 259 Å². The maximum Gasteiger partial charge on any atom is 0.267 e. The molecule has 3 aromatic carbocycles. The molecule has 0 radical (unpaired) electrons. The number of benzene rings is 3. The summed E-state index contributed by atoms with van der Waals surface area (Å²) in [7, 11) is 3.43. The molecular weight excluding hydrogens is 578 g/mol. The summed E-state index contributed by atoms with van der Waals surface area (Å²) >= 11 is 6.52. The monoisotopic (exact) mass is 607 g/mol. The zero-order chi connectivity index (χ0) is 30.4. The number of methoxy groups -OCH3 is 1. The van der Waals surface area contributed by atoms with Crippen LogP contribution in [0.4, 0.5) is 11.6 Å². The molecule has 10 nitrogen and oxygen atoms in total. The first-order valence-electron chi connectivity index (χ1n) is 14.5. The lowest BCUT2D eigenvalue weighted by Crippen LogP contribution is -2.46. The molecule has 1 fully saturated rings. The van der Waals surface area contributed by atoms with E-state index in [1.807, 2.05) is 60.7 Å². The average Bonchev–Trinajstić information content (AvgIpc) is 3.53. The van der Waals surface area contributed by atoms with Crippen LogP contribution in [0.2, 0.25) is 5.02 Å². The van der Waals surface area contributed by atoms with Gasteiger partial charge < -0.3 is 19.4 Å². The Morgan fingerprint density at radius 3 is 2.50 bits per heavy atom. The van der Waals surface area contributed by atoms with E-state index in [-0.39, 0.29) is 17.5 Å². The van der Waals surface area contributed by atoms with Crippen molar-refractivity contribution in [1.82, 2.24) is 24.4 Å². The highest BCUT2D eigenvalue weighted by molar-refractivity contribution is 6.35. The van der Waals surface area contributed by atoms with Gasteiger partial charge in [0.15, 0.2) is 0 Å². The van der Waals surface area contributed by atoms with Gasteiger partial charge in [0, 0.05) is 20.1 Å². The van der Waals surface area contributed by atoms with Crippen molar-refractivity contribution in [2.75, 3.05) is 37.2 Å². The van der Waals surface area contributed by atoms with Crippen LogP contribution in [-0.4, -0.2) is 57.7 Å². The summed E-state index contributed by atoms with van der Waals surface area (Å²) in [5.41, 5.74) is 2.49. The molecule has 1 atom stereocenters. The summed E-state index contributed by atoms with van der Waals surface area (Å²) in [6.45, 7) is 1.58. The molecule has 11 heteroatoms. The maximum absolute atomic E-state index is 14.1. The van der Waals surface area contributed by atoms with E-state index in [0.717, 1.165) is 24.2 Å². The highest BCUT2D eigenvalue weighted by Gasteiger charge is 2.38. The van der Waals surface area contributed by atoms with Crippen molar-refractivity contribution in [2.24, 2.45) is 0 Å². The molecule has 0 N–H and O–H groups in total. The van der Waals surface area contributed by atoms with E-state index in [1.165, 1.54) is 6.33 Å². The number of amides is 1. The summed E-state index contributed by atoms with van der Waals surface area (Å²) in [4.78, 5) is 48.0. The van der Waals surface area contributed by atoms with Crippen LogP contribution in [0.1, 0.15) is 40.6 Å². The molecule has 7 rings (SSSR count). The van der Waals surface area contributed by atoms with Crippen LogP contribution in [0.15, 0.2) is 83.9 Å². The topological polar surface area (TPSA) is 96.7 Å². The summed E-state index contributed by atoms with van der Waals surface area (Å²) < 4.78 is 6.96. The number of nitrogens with zero attached hydrogens (tertiary/aromatic N) is 7. The van der Waals surface area contributed by atoms with Gasteiger partial charge in [-0.05, 0) is 54.8 Å². The highest BCUT2D eigenvalue weighted by Crippen LogP contribution is 2.40. The SMILES string of the molecule is COc1ccc(CN2CN(C)C(=O)c3c2ncnc3N2CCCC2c2nc3cccc(Cl)c3c(=O)n2-c2ccccc2)cc1. The third-order valence-electron chi connectivity index (χ3n) is 8.29. The third-order valence-corrected chi connectivity index (χ3v) is 8.61. The summed E-state index contributed by atoms with van der Waals surface area (Å²) in [6, 6.07) is 22.3. The zero-order valence-corrected chi connectivity index (χ0v) is 25.1. The molecule has 1 amide bonds. The second-order valence-corrected chi connectivity index (χ2v) is 11.4. The molecule has 0 aliphatic carbocycles. The molecular formula is C33H30ClN7O3. The predicted molar refractivity (Wildman–Crippen MR) is 170 cm³/mol. The van der Waals surface area contributed by atoms with Gasteiger partial charge in [-0.25, -0.2) is 15.0 Å². The quantitative estimate of drug-likeness (QED) is 0.259. The fraction of sp³-hybridized carbons (Fsp3) is 0.242. The minimum atomic E-state index is -0.319. The third kappa shape index (κ3) is 4.71. The molecule has 4 heterocycles. The first-order valence-corrected chi connectivity index (χ1v) is 14.8. The van der Waals surface area contributed by atoms with Gasteiger partial charge in [-0.3, -0.25) is 14.2 Å². The fourth-order valence-electron chi connectivity index (χ4n) is 6.22. The van der Waals surface area contributed by atoms with Crippen molar-refractivity contribution in [2.45, 2.75) is 25.4 Å². The van der Waals surface area contributed by atoms with Crippen molar-refractivity contribution >= 4 is 40.0 Å². The van der Waals surface area contributed by atoms with Gasteiger partial charge in [0.05, 0.1) is 41.4 Å². The van der Waals surface area contributed by atoms with Crippen LogP contribution in [0.5, 0.6) is 5.75 Å². The van der Waals surface area contributed by atoms with Gasteiger partial charge in [-0.1, -0.05) is 48.0 Å². The van der Waals surface area contributed by atoms with Crippen molar-refractivity contribution in [1.29, 1.82) is 0 Å². The van der Waals surface area contributed by atoms with Crippen LogP contribution >= 0.6 is 11.6 Å². The Kier molecular flexibility index (Phi) is 7.14. The van der Waals surface area contributed by atoms with Crippen molar-refractivity contribution in [3.05, 3.63) is 111 Å². The van der Waals surface area contributed by atoms with Crippen LogP contribution in [0, 0.1) is 0 Å². The number of hydrogen-bond donors (Lipinski definition) is 0. The Morgan fingerprint density at radius 2 is 1.73 bits per heavy atom. The van der Waals surface area contributed by atoms with Gasteiger partial charge in [-0.2, -0.15) is 0 Å². The maximum atomic E-state index is 14.1. The number of fused-ring (bicyclic) bond motifs is 2. The summed E-state index contributed by atoms with van der Waals surface area (Å²) in [5.74, 6) is 2.33. The van der Waals surface area contributed by atoms with E-state index in [4.69, 9.17) is 21.3 Å². The second-order valence-electron chi connectivity index (χ2n) is 11.0. The van der Waals surface area contributed by atoms with E-state index in [2.05, 4.69) is 19.8 Å². The molecule has 0 bridgehead atoms. The smallest absolute Gasteiger partial charge is 0.267 e. The Hall–Kier alpha value is -4.96. The van der Waals surface area contributed by atoms with Crippen LogP contribution in [-0.2, 0) is 6.54 Å². The van der Waals surface area contributed by atoms with E-state index >= 15 is 0 Å². The molecule has 0 spiro atoms. The lowest BCUT2D eigenvalue weighted by atomic mass is 10.1. The van der Waals surface area contributed by atoms with Crippen molar-refractivity contribution in [3.63, 3.8) is 0 Å². The minimum Gasteiger partial charge on any atom is -0.497 e. The van der Waals surface area contributed by atoms with E-state index < -0.39 is 0 Å². The number of ether oxygens (including phenoxy) is 1. The molecule has 1 saturated heterocycles. The molecule has 44 heavy (non-hydrogen) atoms. The number of para-hydroxylation sites is 1. The minimum absolute atomic E-state index is 0.147. The number of anilines is 2. The lowest BCUT2D eigenvalue weighted by Gasteiger charge is -2.37. The first-order chi connectivity index (χ1) is 21.4. The number of rotatable bonds is 6. The molecule has 222 valence electrons. The molecule has 5 aromatic rings. The lowest BCUT2D eigenvalue weighted by molar-refractivity contribution is 0.0780. The van der Waals surface area contributed by atoms with Crippen LogP contribution in [0.3, 0.4) is 0 Å². The highest BCUT2D eigenvalue weighted by atomic mass is 35.5. The molecule has 2 aliphatic rings. The molecule has 2 aliphatic heterocycles. The van der Waals surface area contributed by atoms with Gasteiger partial charge in [0.2, 0.25) is 0 Å². The van der Waals surface area contributed by atoms with E-state index in [0.29, 0.717) is 64.4 Å². The van der Waals surface area contributed by atoms with Crippen molar-refractivity contribution in [3.8, 4) is 11.4 Å². The Bertz CT molecular complexity index is 1930. The standard InChI is InChI=1S/C33H30ClN7O3/c1-38-20-39(18-21-13-15-23(44-2)16-14-21)30-28(32(38)42)31(36-19-35-30)40-17-7-12-26(40)29-37-25-11-6-10-24(34)27(25)33(43)41(29)22-8-4-3-5-9-22/h3-6,8-11,13-16,19,26H,7,12,17-18,20H2,1-2H3. The van der Waals surface area contributed by atoms with Gasteiger partial charge in [0.25, 0.3) is 11.5 Å². The van der Waals surface area contributed by atoms with Gasteiger partial charge >= 0.3 is 0 Å². The fourth-order valence-corrected chi connectivity index (χ4v) is 6.47. The zero-order valence-electron chi connectivity index (χ0n) is 24.4. The molecule has 0 saturated carbocycles. The summed E-state index contributed by atoms with van der Waals surface area (Å²) in [5, 5.41) is 0.728. The number of aromatic nitrogens is 4. The summed E-state index contributed by atoms with van der Waals surface area (Å²) in [6.07, 6.45) is 3.08. The Morgan fingerprint density at radius 1 is 0.955 bits per heavy atom. The van der Waals surface area contributed by atoms with Gasteiger partial charge in [-0.15, -0.1) is 0 Å². The van der Waals surface area contributed by atoms with Crippen LogP contribution in [0.25, 0.3) is 16.6 Å². The number of hydrogen-bond acceptors (Lipinski definition) is 8. The second kappa shape index (κ2) is 11.3. The normalized spacial score (nSPS) is 16.5. The van der Waals surface area contributed by atoms with E-state index in [1.54, 1.807) is 35.8 Å². The Balaban J connectivity index is 1.35. The number of carbonyl (C=O) groups excluding carboxylic acids is 1. The van der Waals surface area contributed by atoms with Crippen LogP contribution < -0.4 is 20.1 Å². The van der Waals surface area contributed by atoms with E-state index in [9.17, 15) is 9.59 Å².